The minimum absolute atomic E-state index is 0.784. The van der Waals surface area contributed by atoms with Gasteiger partial charge in [0.25, 0.3) is 0 Å². The van der Waals surface area contributed by atoms with Gasteiger partial charge in [-0.05, 0) is 41.9 Å². The Balaban J connectivity index is 1.95. The molecule has 1 saturated carbocycles. The molecular weight excluding hydrogens is 194 g/mol. The lowest BCUT2D eigenvalue weighted by atomic mass is 10.0. The second-order valence-corrected chi connectivity index (χ2v) is 5.21. The van der Waals surface area contributed by atoms with Crippen molar-refractivity contribution in [2.24, 2.45) is 11.8 Å². The molecule has 82 valence electrons. The summed E-state index contributed by atoms with van der Waals surface area (Å²) < 4.78 is 0. The third-order valence-electron chi connectivity index (χ3n) is 3.75. The van der Waals surface area contributed by atoms with Crippen LogP contribution in [0.4, 0.5) is 0 Å². The fraction of sp³-hybridized carbons (Fsp3) is 0.400. The molecule has 2 aromatic rings. The maximum Gasteiger partial charge on any atom is 0.0704 e. The molecule has 0 saturated heterocycles. The lowest BCUT2D eigenvalue weighted by Crippen LogP contribution is -1.92. The van der Waals surface area contributed by atoms with E-state index in [0.29, 0.717) is 0 Å². The Morgan fingerprint density at radius 1 is 1.25 bits per heavy atom. The van der Waals surface area contributed by atoms with E-state index < -0.39 is 0 Å². The summed E-state index contributed by atoms with van der Waals surface area (Å²) in [7, 11) is 0. The number of fused-ring (bicyclic) bond motifs is 1. The van der Waals surface area contributed by atoms with Crippen molar-refractivity contribution in [3.8, 4) is 0 Å². The second-order valence-electron chi connectivity index (χ2n) is 5.21. The van der Waals surface area contributed by atoms with Gasteiger partial charge in [0.15, 0.2) is 0 Å². The minimum Gasteiger partial charge on any atom is -0.256 e. The Morgan fingerprint density at radius 3 is 2.88 bits per heavy atom. The van der Waals surface area contributed by atoms with Crippen LogP contribution in [0.1, 0.15) is 31.7 Å². The SMILES string of the molecule is CC(C)[C@H]1C[C@@H]1c1ccc2cccnc2c1. The second kappa shape index (κ2) is 3.58. The molecule has 1 aromatic heterocycles. The standard InChI is InChI=1S/C15H17N/c1-10(2)13-9-14(13)12-6-5-11-4-3-7-16-15(11)8-12/h3-8,10,13-14H,9H2,1-2H3/t13-,14-/m1/s1. The molecule has 0 radical (unpaired) electrons. The van der Waals surface area contributed by atoms with Crippen molar-refractivity contribution in [2.75, 3.05) is 0 Å². The monoisotopic (exact) mass is 211 g/mol. The molecule has 1 heteroatoms. The molecular formula is C15H17N. The summed E-state index contributed by atoms with van der Waals surface area (Å²) in [6, 6.07) is 10.9. The van der Waals surface area contributed by atoms with Crippen LogP contribution in [0.5, 0.6) is 0 Å². The van der Waals surface area contributed by atoms with E-state index in [9.17, 15) is 0 Å². The van der Waals surface area contributed by atoms with Crippen LogP contribution in [0.15, 0.2) is 36.5 Å². The van der Waals surface area contributed by atoms with Crippen molar-refractivity contribution in [1.82, 2.24) is 4.98 Å². The summed E-state index contributed by atoms with van der Waals surface area (Å²) in [4.78, 5) is 4.42. The zero-order valence-corrected chi connectivity index (χ0v) is 9.85. The Hall–Kier alpha value is -1.37. The molecule has 0 N–H and O–H groups in total. The van der Waals surface area contributed by atoms with E-state index in [1.54, 1.807) is 0 Å². The zero-order chi connectivity index (χ0) is 11.1. The summed E-state index contributed by atoms with van der Waals surface area (Å²) >= 11 is 0. The fourth-order valence-electron chi connectivity index (χ4n) is 2.65. The largest absolute Gasteiger partial charge is 0.256 e. The van der Waals surface area contributed by atoms with Gasteiger partial charge in [-0.1, -0.05) is 32.0 Å². The average molecular weight is 211 g/mol. The van der Waals surface area contributed by atoms with E-state index in [1.165, 1.54) is 17.4 Å². The van der Waals surface area contributed by atoms with E-state index in [-0.39, 0.29) is 0 Å². The van der Waals surface area contributed by atoms with Crippen LogP contribution in [0, 0.1) is 11.8 Å². The third kappa shape index (κ3) is 1.60. The van der Waals surface area contributed by atoms with Crippen molar-refractivity contribution in [2.45, 2.75) is 26.2 Å². The molecule has 1 aliphatic rings. The Bertz CT molecular complexity index is 516. The summed E-state index contributed by atoms with van der Waals surface area (Å²) in [6.45, 7) is 4.65. The summed E-state index contributed by atoms with van der Waals surface area (Å²) in [5.41, 5.74) is 2.61. The molecule has 16 heavy (non-hydrogen) atoms. The van der Waals surface area contributed by atoms with Gasteiger partial charge < -0.3 is 0 Å². The number of benzene rings is 1. The molecule has 0 bridgehead atoms. The number of hydrogen-bond acceptors (Lipinski definition) is 1. The maximum absolute atomic E-state index is 4.42. The highest BCUT2D eigenvalue weighted by Crippen LogP contribution is 2.51. The van der Waals surface area contributed by atoms with Crippen molar-refractivity contribution in [3.63, 3.8) is 0 Å². The normalized spacial score (nSPS) is 23.9. The van der Waals surface area contributed by atoms with Crippen molar-refractivity contribution in [3.05, 3.63) is 42.1 Å². The third-order valence-corrected chi connectivity index (χ3v) is 3.75. The van der Waals surface area contributed by atoms with Gasteiger partial charge in [0.1, 0.15) is 0 Å². The highest BCUT2D eigenvalue weighted by molar-refractivity contribution is 5.79. The van der Waals surface area contributed by atoms with Gasteiger partial charge in [-0.2, -0.15) is 0 Å². The molecule has 1 aromatic carbocycles. The van der Waals surface area contributed by atoms with Crippen LogP contribution < -0.4 is 0 Å². The molecule has 0 unspecified atom stereocenters. The van der Waals surface area contributed by atoms with Crippen LogP contribution in [-0.4, -0.2) is 4.98 Å². The fourth-order valence-corrected chi connectivity index (χ4v) is 2.65. The van der Waals surface area contributed by atoms with Gasteiger partial charge in [-0.15, -0.1) is 0 Å². The lowest BCUT2D eigenvalue weighted by Gasteiger charge is -2.04. The summed E-state index contributed by atoms with van der Waals surface area (Å²) in [5.74, 6) is 2.48. The lowest BCUT2D eigenvalue weighted by molar-refractivity contribution is 0.549. The van der Waals surface area contributed by atoms with Gasteiger partial charge in [-0.25, -0.2) is 0 Å². The highest BCUT2D eigenvalue weighted by Gasteiger charge is 2.40. The molecule has 2 atom stereocenters. The van der Waals surface area contributed by atoms with Crippen molar-refractivity contribution < 1.29 is 0 Å². The quantitative estimate of drug-likeness (QED) is 0.731. The van der Waals surface area contributed by atoms with Gasteiger partial charge in [0, 0.05) is 11.6 Å². The average Bonchev–Trinajstić information content (AvgIpc) is 3.08. The van der Waals surface area contributed by atoms with E-state index in [2.05, 4.69) is 43.1 Å². The van der Waals surface area contributed by atoms with E-state index >= 15 is 0 Å². The Labute approximate surface area is 96.5 Å². The highest BCUT2D eigenvalue weighted by atomic mass is 14.6. The van der Waals surface area contributed by atoms with Gasteiger partial charge >= 0.3 is 0 Å². The zero-order valence-electron chi connectivity index (χ0n) is 9.85. The number of aromatic nitrogens is 1. The van der Waals surface area contributed by atoms with Crippen LogP contribution in [0.3, 0.4) is 0 Å². The molecule has 1 fully saturated rings. The maximum atomic E-state index is 4.42. The van der Waals surface area contributed by atoms with E-state index in [1.807, 2.05) is 12.3 Å². The first-order valence-corrected chi connectivity index (χ1v) is 6.10. The topological polar surface area (TPSA) is 12.9 Å². The van der Waals surface area contributed by atoms with Crippen LogP contribution in [0.2, 0.25) is 0 Å². The molecule has 3 rings (SSSR count). The smallest absolute Gasteiger partial charge is 0.0704 e. The van der Waals surface area contributed by atoms with Gasteiger partial charge in [-0.3, -0.25) is 4.98 Å². The van der Waals surface area contributed by atoms with Gasteiger partial charge in [0.05, 0.1) is 5.52 Å². The van der Waals surface area contributed by atoms with Crippen LogP contribution >= 0.6 is 0 Å². The summed E-state index contributed by atoms with van der Waals surface area (Å²) in [6.07, 6.45) is 3.23. The molecule has 1 nitrogen and oxygen atoms in total. The molecule has 1 heterocycles. The predicted molar refractivity (Wildman–Crippen MR) is 67.4 cm³/mol. The number of rotatable bonds is 2. The number of pyridine rings is 1. The van der Waals surface area contributed by atoms with Crippen molar-refractivity contribution >= 4 is 10.9 Å². The van der Waals surface area contributed by atoms with Crippen LogP contribution in [-0.2, 0) is 0 Å². The number of nitrogens with zero attached hydrogens (tertiary/aromatic N) is 1. The molecule has 0 aliphatic heterocycles. The Kier molecular flexibility index (Phi) is 2.20. The first-order chi connectivity index (χ1) is 7.75. The van der Waals surface area contributed by atoms with E-state index in [0.717, 1.165) is 23.3 Å². The Morgan fingerprint density at radius 2 is 2.12 bits per heavy atom. The van der Waals surface area contributed by atoms with Crippen molar-refractivity contribution in [1.29, 1.82) is 0 Å². The first kappa shape index (κ1) is 9.83. The predicted octanol–water partition coefficient (Wildman–Crippen LogP) is 3.99. The first-order valence-electron chi connectivity index (χ1n) is 6.10. The minimum atomic E-state index is 0.784. The molecule has 1 aliphatic carbocycles. The van der Waals surface area contributed by atoms with E-state index in [4.69, 9.17) is 0 Å². The molecule has 0 spiro atoms. The molecule has 0 amide bonds. The van der Waals surface area contributed by atoms with Gasteiger partial charge in [0.2, 0.25) is 0 Å². The number of hydrogen-bond donors (Lipinski definition) is 0. The van der Waals surface area contributed by atoms with Crippen LogP contribution in [0.25, 0.3) is 10.9 Å². The summed E-state index contributed by atoms with van der Waals surface area (Å²) in [5, 5.41) is 1.24.